The number of rotatable bonds is 4. The van der Waals surface area contributed by atoms with Gasteiger partial charge in [-0.2, -0.15) is 0 Å². The second-order valence-electron chi connectivity index (χ2n) is 11.4. The summed E-state index contributed by atoms with van der Waals surface area (Å²) in [6, 6.07) is 14.2. The Kier molecular flexibility index (Phi) is 9.02. The van der Waals surface area contributed by atoms with Gasteiger partial charge in [0.05, 0.1) is 11.5 Å². The highest BCUT2D eigenvalue weighted by Crippen LogP contribution is 2.38. The van der Waals surface area contributed by atoms with Gasteiger partial charge in [0.15, 0.2) is 0 Å². The number of piperazine rings is 1. The number of fused-ring (bicyclic) bond motifs is 1. The van der Waals surface area contributed by atoms with Gasteiger partial charge in [0.25, 0.3) is 0 Å². The molecule has 39 heavy (non-hydrogen) atoms. The standard InChI is InChI=1S/C31H43N5O3/c1-25-24-39-27-10-3-2-8-26(27)9-4-6-13-31(30(38)33-25)14-18-36(19-15-31)29(37)12-17-34-20-22-35(23-21-34)28-11-5-7-16-32-28/h2-3,5,7-8,10-11,16,25H,4,6,9,12-15,17-24H2,1H3,(H,33,38)/t25-/m1/s1. The SMILES string of the molecule is C[C@@H]1COc2ccccc2CCCCC2(CCN(C(=O)CCN3CCN(c4ccccn4)CC3)CC2)C(=O)N1. The number of likely N-dealkylation sites (tertiary alicyclic amines) is 1. The molecule has 1 aromatic heterocycles. The minimum absolute atomic E-state index is 0.0698. The van der Waals surface area contributed by atoms with E-state index in [1.54, 1.807) is 0 Å². The number of nitrogens with zero attached hydrogens (tertiary/aromatic N) is 4. The smallest absolute Gasteiger partial charge is 0.226 e. The van der Waals surface area contributed by atoms with E-state index in [1.165, 1.54) is 5.56 Å². The Morgan fingerprint density at radius 2 is 1.77 bits per heavy atom. The van der Waals surface area contributed by atoms with Crippen LogP contribution < -0.4 is 15.0 Å². The molecular formula is C31H43N5O3. The number of anilines is 1. The highest BCUT2D eigenvalue weighted by Gasteiger charge is 2.42. The fourth-order valence-electron chi connectivity index (χ4n) is 6.19. The van der Waals surface area contributed by atoms with Crippen LogP contribution in [0.2, 0.25) is 0 Å². The Bertz CT molecular complexity index is 1090. The molecule has 1 aromatic carbocycles. The number of hydrogen-bond acceptors (Lipinski definition) is 6. The Balaban J connectivity index is 1.10. The van der Waals surface area contributed by atoms with Crippen LogP contribution in [0.5, 0.6) is 5.75 Å². The lowest BCUT2D eigenvalue weighted by Gasteiger charge is -2.42. The molecule has 0 radical (unpaired) electrons. The average molecular weight is 534 g/mol. The number of carbonyl (C=O) groups is 2. The van der Waals surface area contributed by atoms with Gasteiger partial charge in [-0.05, 0) is 62.8 Å². The van der Waals surface area contributed by atoms with Crippen molar-refractivity contribution in [3.05, 3.63) is 54.2 Å². The van der Waals surface area contributed by atoms with Gasteiger partial charge in [0.2, 0.25) is 11.8 Å². The summed E-state index contributed by atoms with van der Waals surface area (Å²) in [6.07, 6.45) is 7.70. The molecule has 1 N–H and O–H groups in total. The highest BCUT2D eigenvalue weighted by atomic mass is 16.5. The molecule has 4 heterocycles. The lowest BCUT2D eigenvalue weighted by atomic mass is 9.73. The van der Waals surface area contributed by atoms with Gasteiger partial charge < -0.3 is 19.9 Å². The van der Waals surface area contributed by atoms with Crippen molar-refractivity contribution in [1.29, 1.82) is 0 Å². The Morgan fingerprint density at radius 1 is 1.00 bits per heavy atom. The summed E-state index contributed by atoms with van der Waals surface area (Å²) in [4.78, 5) is 37.8. The molecule has 3 aliphatic heterocycles. The highest BCUT2D eigenvalue weighted by molar-refractivity contribution is 5.83. The molecule has 5 rings (SSSR count). The molecule has 2 aromatic rings. The van der Waals surface area contributed by atoms with Gasteiger partial charge in [0.1, 0.15) is 18.2 Å². The van der Waals surface area contributed by atoms with Crippen molar-refractivity contribution in [3.63, 3.8) is 0 Å². The number of aromatic nitrogens is 1. The maximum absolute atomic E-state index is 13.5. The largest absolute Gasteiger partial charge is 0.491 e. The molecule has 210 valence electrons. The molecule has 0 saturated carbocycles. The molecule has 0 aliphatic carbocycles. The van der Waals surface area contributed by atoms with Crippen LogP contribution in [0.3, 0.4) is 0 Å². The number of amides is 2. The first-order chi connectivity index (χ1) is 19.0. The second-order valence-corrected chi connectivity index (χ2v) is 11.4. The first-order valence-electron chi connectivity index (χ1n) is 14.7. The number of ether oxygens (including phenoxy) is 1. The van der Waals surface area contributed by atoms with E-state index < -0.39 is 5.41 Å². The van der Waals surface area contributed by atoms with Crippen molar-refractivity contribution < 1.29 is 14.3 Å². The van der Waals surface area contributed by atoms with Crippen LogP contribution in [-0.4, -0.2) is 85.1 Å². The van der Waals surface area contributed by atoms with Crippen molar-refractivity contribution >= 4 is 17.6 Å². The van der Waals surface area contributed by atoms with Crippen molar-refractivity contribution in [1.82, 2.24) is 20.1 Å². The summed E-state index contributed by atoms with van der Waals surface area (Å²) in [5.41, 5.74) is 0.843. The lowest BCUT2D eigenvalue weighted by Crippen LogP contribution is -2.53. The van der Waals surface area contributed by atoms with Gasteiger partial charge in [-0.25, -0.2) is 4.98 Å². The molecule has 1 spiro atoms. The zero-order chi connectivity index (χ0) is 27.1. The van der Waals surface area contributed by atoms with E-state index in [2.05, 4.69) is 38.3 Å². The van der Waals surface area contributed by atoms with Gasteiger partial charge in [-0.1, -0.05) is 30.7 Å². The monoisotopic (exact) mass is 533 g/mol. The number of piperidine rings is 1. The second kappa shape index (κ2) is 12.8. The predicted molar refractivity (Wildman–Crippen MR) is 153 cm³/mol. The quantitative estimate of drug-likeness (QED) is 0.648. The maximum Gasteiger partial charge on any atom is 0.226 e. The van der Waals surface area contributed by atoms with Gasteiger partial charge in [-0.15, -0.1) is 0 Å². The molecular weight excluding hydrogens is 490 g/mol. The predicted octanol–water partition coefficient (Wildman–Crippen LogP) is 3.51. The van der Waals surface area contributed by atoms with Crippen LogP contribution >= 0.6 is 0 Å². The fraction of sp³-hybridized carbons (Fsp3) is 0.581. The molecule has 1 atom stereocenters. The summed E-state index contributed by atoms with van der Waals surface area (Å²) in [7, 11) is 0. The number of pyridine rings is 1. The molecule has 8 nitrogen and oxygen atoms in total. The average Bonchev–Trinajstić information content (AvgIpc) is 2.98. The zero-order valence-electron chi connectivity index (χ0n) is 23.3. The molecule has 2 saturated heterocycles. The molecule has 2 amide bonds. The fourth-order valence-corrected chi connectivity index (χ4v) is 6.19. The van der Waals surface area contributed by atoms with E-state index in [-0.39, 0.29) is 17.9 Å². The number of carbonyl (C=O) groups excluding carboxylic acids is 2. The van der Waals surface area contributed by atoms with E-state index in [9.17, 15) is 9.59 Å². The number of benzene rings is 1. The van der Waals surface area contributed by atoms with Crippen molar-refractivity contribution in [2.24, 2.45) is 5.41 Å². The third-order valence-corrected chi connectivity index (χ3v) is 8.73. The number of hydrogen-bond donors (Lipinski definition) is 1. The third-order valence-electron chi connectivity index (χ3n) is 8.73. The normalized spacial score (nSPS) is 22.7. The van der Waals surface area contributed by atoms with Gasteiger partial charge >= 0.3 is 0 Å². The van der Waals surface area contributed by atoms with Crippen molar-refractivity contribution in [2.75, 3.05) is 57.3 Å². The minimum atomic E-state index is -0.397. The summed E-state index contributed by atoms with van der Waals surface area (Å²) >= 11 is 0. The van der Waals surface area contributed by atoms with Gasteiger partial charge in [-0.3, -0.25) is 14.5 Å². The van der Waals surface area contributed by atoms with Crippen LogP contribution in [-0.2, 0) is 16.0 Å². The molecule has 2 fully saturated rings. The van der Waals surface area contributed by atoms with Crippen LogP contribution in [0, 0.1) is 5.41 Å². The number of para-hydroxylation sites is 1. The first-order valence-corrected chi connectivity index (χ1v) is 14.7. The molecule has 0 unspecified atom stereocenters. The molecule has 3 aliphatic rings. The summed E-state index contributed by atoms with van der Waals surface area (Å²) < 4.78 is 6.07. The summed E-state index contributed by atoms with van der Waals surface area (Å²) in [5, 5.41) is 3.23. The van der Waals surface area contributed by atoms with Crippen molar-refractivity contribution in [2.45, 2.75) is 57.9 Å². The van der Waals surface area contributed by atoms with E-state index in [0.717, 1.165) is 82.8 Å². The van der Waals surface area contributed by atoms with E-state index in [1.807, 2.05) is 42.3 Å². The number of aryl methyl sites for hydroxylation is 1. The lowest BCUT2D eigenvalue weighted by molar-refractivity contribution is -0.141. The molecule has 8 heteroatoms. The maximum atomic E-state index is 13.5. The molecule has 0 bridgehead atoms. The van der Waals surface area contributed by atoms with Crippen LogP contribution in [0.4, 0.5) is 5.82 Å². The Labute approximate surface area is 232 Å². The van der Waals surface area contributed by atoms with E-state index >= 15 is 0 Å². The third kappa shape index (κ3) is 6.90. The minimum Gasteiger partial charge on any atom is -0.491 e. The van der Waals surface area contributed by atoms with Crippen LogP contribution in [0.1, 0.15) is 51.0 Å². The Hall–Kier alpha value is -3.13. The number of nitrogens with one attached hydrogen (secondary N) is 1. The summed E-state index contributed by atoms with van der Waals surface area (Å²) in [5.74, 6) is 2.29. The summed E-state index contributed by atoms with van der Waals surface area (Å²) in [6.45, 7) is 8.33. The van der Waals surface area contributed by atoms with Gasteiger partial charge in [0, 0.05) is 58.4 Å². The van der Waals surface area contributed by atoms with Crippen molar-refractivity contribution in [3.8, 4) is 5.75 Å². The Morgan fingerprint density at radius 3 is 2.54 bits per heavy atom. The van der Waals surface area contributed by atoms with E-state index in [0.29, 0.717) is 26.1 Å². The van der Waals surface area contributed by atoms with Crippen LogP contribution in [0.15, 0.2) is 48.7 Å². The van der Waals surface area contributed by atoms with E-state index in [4.69, 9.17) is 4.74 Å². The first kappa shape index (κ1) is 27.4. The zero-order valence-corrected chi connectivity index (χ0v) is 23.3. The van der Waals surface area contributed by atoms with Crippen LogP contribution in [0.25, 0.3) is 0 Å². The topological polar surface area (TPSA) is 78.0 Å².